The molecule has 0 spiro atoms. The summed E-state index contributed by atoms with van der Waals surface area (Å²) in [7, 11) is 0. The van der Waals surface area contributed by atoms with Gasteiger partial charge in [0.15, 0.2) is 5.75 Å². The first kappa shape index (κ1) is 16.7. The smallest absolute Gasteiger partial charge is 0.310 e. The van der Waals surface area contributed by atoms with Crippen molar-refractivity contribution < 1.29 is 14.5 Å². The minimum Gasteiger partial charge on any atom is -0.487 e. The highest BCUT2D eigenvalue weighted by molar-refractivity contribution is 6.29. The molecular formula is C15H14ClN3O4. The number of hydrogen-bond acceptors (Lipinski definition) is 5. The minimum absolute atomic E-state index is 0.0941. The number of anilines is 1. The molecule has 2 rings (SSSR count). The van der Waals surface area contributed by atoms with Crippen molar-refractivity contribution in [3.8, 4) is 5.75 Å². The summed E-state index contributed by atoms with van der Waals surface area (Å²) in [5.74, 6) is -0.00254. The monoisotopic (exact) mass is 335 g/mol. The predicted molar refractivity (Wildman–Crippen MR) is 85.7 cm³/mol. The Kier molecular flexibility index (Phi) is 5.87. The number of aromatic nitrogens is 1. The van der Waals surface area contributed by atoms with Gasteiger partial charge in [0.2, 0.25) is 5.91 Å². The topological polar surface area (TPSA) is 94.4 Å². The fourth-order valence-corrected chi connectivity index (χ4v) is 2.02. The number of hydrogen-bond donors (Lipinski definition) is 1. The highest BCUT2D eigenvalue weighted by atomic mass is 35.5. The molecule has 0 fully saturated rings. The average molecular weight is 336 g/mol. The van der Waals surface area contributed by atoms with Crippen LogP contribution in [0.4, 0.5) is 11.4 Å². The van der Waals surface area contributed by atoms with E-state index >= 15 is 0 Å². The third-order valence-corrected chi connectivity index (χ3v) is 3.08. The Morgan fingerprint density at radius 1 is 1.35 bits per heavy atom. The number of carbonyl (C=O) groups excluding carboxylic acids is 1. The van der Waals surface area contributed by atoms with Crippen molar-refractivity contribution in [2.24, 2.45) is 0 Å². The summed E-state index contributed by atoms with van der Waals surface area (Å²) in [5.41, 5.74) is 0.470. The second kappa shape index (κ2) is 8.09. The Labute approximate surface area is 137 Å². The molecule has 0 aliphatic carbocycles. The van der Waals surface area contributed by atoms with Crippen LogP contribution < -0.4 is 10.1 Å². The molecule has 1 N–H and O–H groups in total. The lowest BCUT2D eigenvalue weighted by atomic mass is 10.3. The number of para-hydroxylation sites is 2. The van der Waals surface area contributed by atoms with Gasteiger partial charge < -0.3 is 10.1 Å². The number of pyridine rings is 1. The van der Waals surface area contributed by atoms with Crippen LogP contribution in [0.5, 0.6) is 5.75 Å². The van der Waals surface area contributed by atoms with Gasteiger partial charge in [-0.1, -0.05) is 23.7 Å². The van der Waals surface area contributed by atoms with Crippen LogP contribution in [-0.4, -0.2) is 22.4 Å². The summed E-state index contributed by atoms with van der Waals surface area (Å²) in [6.45, 7) is 0.204. The molecule has 1 aromatic carbocycles. The lowest BCUT2D eigenvalue weighted by Gasteiger charge is -2.07. The second-order valence-electron chi connectivity index (χ2n) is 4.59. The van der Waals surface area contributed by atoms with E-state index in [2.05, 4.69) is 10.3 Å². The van der Waals surface area contributed by atoms with Gasteiger partial charge in [0.1, 0.15) is 5.15 Å². The molecule has 7 nitrogen and oxygen atoms in total. The molecule has 0 bridgehead atoms. The molecule has 8 heteroatoms. The van der Waals surface area contributed by atoms with Crippen LogP contribution >= 0.6 is 11.6 Å². The number of amides is 1. The largest absolute Gasteiger partial charge is 0.487 e. The molecule has 0 saturated carbocycles. The van der Waals surface area contributed by atoms with E-state index in [0.29, 0.717) is 17.3 Å². The van der Waals surface area contributed by atoms with Crippen LogP contribution in [0.3, 0.4) is 0 Å². The molecular weight excluding hydrogens is 322 g/mol. The summed E-state index contributed by atoms with van der Waals surface area (Å²) in [6, 6.07) is 9.30. The molecule has 120 valence electrons. The molecule has 23 heavy (non-hydrogen) atoms. The van der Waals surface area contributed by atoms with Crippen molar-refractivity contribution in [2.45, 2.75) is 12.8 Å². The Morgan fingerprint density at radius 3 is 2.87 bits per heavy atom. The van der Waals surface area contributed by atoms with E-state index in [-0.39, 0.29) is 30.4 Å². The van der Waals surface area contributed by atoms with E-state index in [4.69, 9.17) is 16.3 Å². The van der Waals surface area contributed by atoms with E-state index in [1.165, 1.54) is 18.3 Å². The van der Waals surface area contributed by atoms with Crippen LogP contribution in [-0.2, 0) is 4.79 Å². The molecule has 0 aliphatic rings. The molecule has 1 heterocycles. The molecule has 0 radical (unpaired) electrons. The number of rotatable bonds is 7. The molecule has 2 aromatic rings. The average Bonchev–Trinajstić information content (AvgIpc) is 2.52. The van der Waals surface area contributed by atoms with E-state index < -0.39 is 4.92 Å². The maximum atomic E-state index is 11.8. The van der Waals surface area contributed by atoms with E-state index in [9.17, 15) is 14.9 Å². The van der Waals surface area contributed by atoms with Crippen molar-refractivity contribution in [1.82, 2.24) is 4.98 Å². The lowest BCUT2D eigenvalue weighted by Crippen LogP contribution is -2.13. The zero-order valence-corrected chi connectivity index (χ0v) is 12.8. The molecule has 0 atom stereocenters. The Morgan fingerprint density at radius 2 is 2.13 bits per heavy atom. The number of nitro benzene ring substituents is 1. The molecule has 0 saturated heterocycles. The van der Waals surface area contributed by atoms with Crippen LogP contribution in [0.25, 0.3) is 0 Å². The Balaban J connectivity index is 1.77. The SMILES string of the molecule is O=C(CCCOc1ccccc1[N+](=O)[O-])Nc1ccnc(Cl)c1. The van der Waals surface area contributed by atoms with E-state index in [1.807, 2.05) is 0 Å². The fraction of sp³-hybridized carbons (Fsp3) is 0.200. The number of nitro groups is 1. The number of ether oxygens (including phenoxy) is 1. The van der Waals surface area contributed by atoms with Crippen molar-refractivity contribution in [2.75, 3.05) is 11.9 Å². The summed E-state index contributed by atoms with van der Waals surface area (Å²) < 4.78 is 5.37. The zero-order chi connectivity index (χ0) is 16.7. The number of halogens is 1. The van der Waals surface area contributed by atoms with E-state index in [0.717, 1.165) is 0 Å². The quantitative estimate of drug-likeness (QED) is 0.362. The Bertz CT molecular complexity index is 709. The molecule has 1 amide bonds. The first-order valence-corrected chi connectivity index (χ1v) is 7.21. The van der Waals surface area contributed by atoms with Gasteiger partial charge in [-0.25, -0.2) is 4.98 Å². The number of nitrogens with zero attached hydrogens (tertiary/aromatic N) is 2. The van der Waals surface area contributed by atoms with Crippen molar-refractivity contribution in [3.63, 3.8) is 0 Å². The second-order valence-corrected chi connectivity index (χ2v) is 4.98. The fourth-order valence-electron chi connectivity index (χ4n) is 1.85. The van der Waals surface area contributed by atoms with Gasteiger partial charge in [0.05, 0.1) is 11.5 Å². The highest BCUT2D eigenvalue weighted by Gasteiger charge is 2.13. The highest BCUT2D eigenvalue weighted by Crippen LogP contribution is 2.25. The third-order valence-electron chi connectivity index (χ3n) is 2.88. The van der Waals surface area contributed by atoms with Crippen LogP contribution in [0.2, 0.25) is 5.15 Å². The van der Waals surface area contributed by atoms with Crippen molar-refractivity contribution in [1.29, 1.82) is 0 Å². The Hall–Kier alpha value is -2.67. The van der Waals surface area contributed by atoms with Gasteiger partial charge in [0, 0.05) is 24.4 Å². The van der Waals surface area contributed by atoms with Gasteiger partial charge in [-0.2, -0.15) is 0 Å². The molecule has 1 aromatic heterocycles. The first-order valence-electron chi connectivity index (χ1n) is 6.84. The lowest BCUT2D eigenvalue weighted by molar-refractivity contribution is -0.385. The zero-order valence-electron chi connectivity index (χ0n) is 12.1. The van der Waals surface area contributed by atoms with E-state index in [1.54, 1.807) is 24.3 Å². The molecule has 0 aliphatic heterocycles. The standard InChI is InChI=1S/C15H14ClN3O4/c16-14-10-11(7-8-17-14)18-15(20)6-3-9-23-13-5-2-1-4-12(13)19(21)22/h1-2,4-5,7-8,10H,3,6,9H2,(H,17,18,20). The maximum Gasteiger partial charge on any atom is 0.310 e. The number of nitrogens with one attached hydrogen (secondary N) is 1. The molecule has 0 unspecified atom stereocenters. The number of carbonyl (C=O) groups is 1. The summed E-state index contributed by atoms with van der Waals surface area (Å²) in [5, 5.41) is 13.8. The van der Waals surface area contributed by atoms with Crippen molar-refractivity contribution >= 4 is 28.9 Å². The normalized spacial score (nSPS) is 10.1. The van der Waals surface area contributed by atoms with Gasteiger partial charge in [0.25, 0.3) is 0 Å². The van der Waals surface area contributed by atoms with Gasteiger partial charge in [-0.15, -0.1) is 0 Å². The predicted octanol–water partition coefficient (Wildman–Crippen LogP) is 3.44. The summed E-state index contributed by atoms with van der Waals surface area (Å²) in [6.07, 6.45) is 2.15. The third kappa shape index (κ3) is 5.23. The summed E-state index contributed by atoms with van der Waals surface area (Å²) >= 11 is 5.73. The van der Waals surface area contributed by atoms with Crippen LogP contribution in [0, 0.1) is 10.1 Å². The summed E-state index contributed by atoms with van der Waals surface area (Å²) in [4.78, 5) is 25.9. The maximum absolute atomic E-state index is 11.8. The number of benzene rings is 1. The van der Waals surface area contributed by atoms with Crippen LogP contribution in [0.15, 0.2) is 42.6 Å². The van der Waals surface area contributed by atoms with Gasteiger partial charge >= 0.3 is 5.69 Å². The van der Waals surface area contributed by atoms with Crippen molar-refractivity contribution in [3.05, 3.63) is 57.9 Å². The minimum atomic E-state index is -0.505. The first-order chi connectivity index (χ1) is 11.1. The van der Waals surface area contributed by atoms with Gasteiger partial charge in [-0.3, -0.25) is 14.9 Å². The van der Waals surface area contributed by atoms with Gasteiger partial charge in [-0.05, 0) is 24.6 Å². The van der Waals surface area contributed by atoms with Crippen LogP contribution in [0.1, 0.15) is 12.8 Å².